The maximum Gasteiger partial charge on any atom is 0.460 e. The quantitative estimate of drug-likeness (QED) is 0.359. The van der Waals surface area contributed by atoms with Gasteiger partial charge in [0.15, 0.2) is 0 Å². The monoisotopic (exact) mass is 557 g/mol. The first kappa shape index (κ1) is 30.5. The van der Waals surface area contributed by atoms with Crippen LogP contribution in [0.25, 0.3) is 0 Å². The minimum Gasteiger partial charge on any atom is -0.321 e. The number of carbonyl (C=O) groups is 1. The summed E-state index contributed by atoms with van der Waals surface area (Å²) in [5.74, 6) is -53.0. The molecule has 1 amide bonds. The Balaban J connectivity index is 3.50. The third-order valence-electron chi connectivity index (χ3n) is 4.06. The third-order valence-corrected chi connectivity index (χ3v) is 4.06. The average molecular weight is 557 g/mol. The molecular weight excluding hydrogens is 552 g/mol. The van der Waals surface area contributed by atoms with Crippen molar-refractivity contribution in [1.29, 1.82) is 0 Å². The summed E-state index contributed by atoms with van der Waals surface area (Å²) in [5.41, 5.74) is -3.28. The van der Waals surface area contributed by atoms with Crippen molar-refractivity contribution in [2.75, 3.05) is 5.32 Å². The summed E-state index contributed by atoms with van der Waals surface area (Å²) in [6.07, 6.45) is -13.0. The lowest BCUT2D eigenvalue weighted by molar-refractivity contribution is -0.449. The van der Waals surface area contributed by atoms with E-state index in [1.54, 1.807) is 0 Å². The smallest absolute Gasteiger partial charge is 0.321 e. The Labute approximate surface area is 179 Å². The zero-order valence-corrected chi connectivity index (χ0v) is 15.5. The topological polar surface area (TPSA) is 29.1 Å². The normalized spacial score (nSPS) is 15.3. The molecule has 0 saturated heterocycles. The lowest BCUT2D eigenvalue weighted by atomic mass is 9.91. The average Bonchev–Trinajstić information content (AvgIpc) is 2.65. The molecule has 0 radical (unpaired) electrons. The predicted octanol–water partition coefficient (Wildman–Crippen LogP) is 7.02. The van der Waals surface area contributed by atoms with Gasteiger partial charge in [-0.15, -0.1) is 0 Å². The molecule has 0 heterocycles. The molecule has 1 aromatic carbocycles. The third kappa shape index (κ3) is 4.54. The van der Waals surface area contributed by atoms with Crippen LogP contribution in [0.4, 0.5) is 84.7 Å². The van der Waals surface area contributed by atoms with E-state index in [1.807, 2.05) is 0 Å². The van der Waals surface area contributed by atoms with Gasteiger partial charge in [0.25, 0.3) is 0 Å². The molecule has 0 aliphatic carbocycles. The molecule has 1 rings (SSSR count). The van der Waals surface area contributed by atoms with Crippen molar-refractivity contribution >= 4 is 11.6 Å². The zero-order valence-electron chi connectivity index (χ0n) is 15.5. The summed E-state index contributed by atoms with van der Waals surface area (Å²) in [6.45, 7) is 0. The van der Waals surface area contributed by atoms with Crippen LogP contribution in [0.15, 0.2) is 24.3 Å². The summed E-state index contributed by atoms with van der Waals surface area (Å²) < 4.78 is 234. The summed E-state index contributed by atoms with van der Waals surface area (Å²) in [7, 11) is 0. The number of nitrogens with one attached hydrogen (secondary N) is 1. The molecule has 202 valence electrons. The highest BCUT2D eigenvalue weighted by atomic mass is 19.4. The van der Waals surface area contributed by atoms with Crippen molar-refractivity contribution in [2.45, 2.75) is 47.9 Å². The molecule has 1 N–H and O–H groups in total. The van der Waals surface area contributed by atoms with Gasteiger partial charge in [-0.05, 0) is 18.2 Å². The number of hydrogen-bond donors (Lipinski definition) is 1. The minimum absolute atomic E-state index is 0.208. The van der Waals surface area contributed by atoms with Crippen LogP contribution < -0.4 is 5.32 Å². The fraction of sp³-hybridized carbons (Fsp3) is 0.533. The highest BCUT2D eigenvalue weighted by molar-refractivity contribution is 5.97. The minimum atomic E-state index is -8.59. The van der Waals surface area contributed by atoms with Crippen molar-refractivity contribution in [3.05, 3.63) is 29.8 Å². The second-order valence-corrected chi connectivity index (χ2v) is 6.48. The highest BCUT2D eigenvalue weighted by Gasteiger charge is 2.94. The van der Waals surface area contributed by atoms with Gasteiger partial charge in [0.2, 0.25) is 0 Å². The van der Waals surface area contributed by atoms with E-state index in [-0.39, 0.29) is 18.2 Å². The van der Waals surface area contributed by atoms with Gasteiger partial charge in [0.1, 0.15) is 0 Å². The van der Waals surface area contributed by atoms with E-state index >= 15 is 0 Å². The Morgan fingerprint density at radius 3 is 1.37 bits per heavy atom. The van der Waals surface area contributed by atoms with Crippen LogP contribution in [-0.2, 0) is 11.0 Å². The van der Waals surface area contributed by atoms with Crippen molar-refractivity contribution in [2.24, 2.45) is 0 Å². The maximum absolute atomic E-state index is 13.7. The lowest BCUT2D eigenvalue weighted by Gasteiger charge is -2.41. The molecule has 0 unspecified atom stereocenters. The van der Waals surface area contributed by atoms with Crippen LogP contribution in [0, 0.1) is 0 Å². The summed E-state index contributed by atoms with van der Waals surface area (Å²) in [6, 6.07) is 0.514. The molecule has 0 fully saturated rings. The molecule has 20 heteroatoms. The molecule has 35 heavy (non-hydrogen) atoms. The zero-order chi connectivity index (χ0) is 28.3. The van der Waals surface area contributed by atoms with Gasteiger partial charge >= 0.3 is 53.8 Å². The largest absolute Gasteiger partial charge is 0.460 e. The number of alkyl halides is 18. The highest BCUT2D eigenvalue weighted by Crippen LogP contribution is 2.62. The van der Waals surface area contributed by atoms with Crippen LogP contribution >= 0.6 is 0 Å². The van der Waals surface area contributed by atoms with Gasteiger partial charge in [0, 0.05) is 5.69 Å². The molecule has 0 saturated carbocycles. The van der Waals surface area contributed by atoms with Gasteiger partial charge in [-0.25, -0.2) is 0 Å². The van der Waals surface area contributed by atoms with Crippen LogP contribution in [0.5, 0.6) is 0 Å². The molecule has 0 spiro atoms. The van der Waals surface area contributed by atoms with Gasteiger partial charge in [-0.2, -0.15) is 79.0 Å². The lowest BCUT2D eigenvalue weighted by Crippen LogP contribution is -2.73. The first-order valence-electron chi connectivity index (χ1n) is 7.93. The fourth-order valence-electron chi connectivity index (χ4n) is 2.09. The van der Waals surface area contributed by atoms with E-state index in [4.69, 9.17) is 0 Å². The number of benzene rings is 1. The first-order chi connectivity index (χ1) is 15.1. The number of anilines is 1. The number of rotatable bonds is 7. The van der Waals surface area contributed by atoms with E-state index < -0.39 is 65.0 Å². The van der Waals surface area contributed by atoms with E-state index in [0.29, 0.717) is 11.4 Å². The van der Waals surface area contributed by atoms with Gasteiger partial charge in [0.05, 0.1) is 5.56 Å². The van der Waals surface area contributed by atoms with Crippen molar-refractivity contribution in [3.8, 4) is 0 Å². The second kappa shape index (κ2) is 8.24. The molecule has 0 aliphatic heterocycles. The van der Waals surface area contributed by atoms with E-state index in [0.717, 1.165) is 0 Å². The Bertz CT molecular complexity index is 944. The van der Waals surface area contributed by atoms with E-state index in [1.165, 1.54) is 0 Å². The van der Waals surface area contributed by atoms with E-state index in [2.05, 4.69) is 0 Å². The molecule has 0 bridgehead atoms. The second-order valence-electron chi connectivity index (χ2n) is 6.48. The Morgan fingerprint density at radius 2 is 0.971 bits per heavy atom. The molecule has 0 aliphatic rings. The molecule has 2 nitrogen and oxygen atoms in total. The number of halogens is 18. The Hall–Kier alpha value is -2.57. The molecule has 0 aromatic heterocycles. The molecular formula is C15H5F18NO. The molecule has 1 aromatic rings. The van der Waals surface area contributed by atoms with Crippen LogP contribution in [0.3, 0.4) is 0 Å². The van der Waals surface area contributed by atoms with E-state index in [9.17, 15) is 83.8 Å². The first-order valence-corrected chi connectivity index (χ1v) is 7.93. The van der Waals surface area contributed by atoms with Gasteiger partial charge in [-0.1, -0.05) is 6.07 Å². The predicted molar refractivity (Wildman–Crippen MR) is 75.8 cm³/mol. The van der Waals surface area contributed by atoms with Gasteiger partial charge in [-0.3, -0.25) is 4.79 Å². The van der Waals surface area contributed by atoms with Crippen molar-refractivity contribution < 1.29 is 83.8 Å². The van der Waals surface area contributed by atoms with Crippen molar-refractivity contribution in [3.63, 3.8) is 0 Å². The number of amides is 1. The standard InChI is InChI=1S/C15H5F18NO/c16-8(17,7(35)34-6-3-1-2-5(4-6)9(18,19)20)10(21,22)11(23,24)12(25,26)13(27,28)14(29,30)15(31,32)33/h1-4H,(H,34,35). The molecule has 0 atom stereocenters. The summed E-state index contributed by atoms with van der Waals surface area (Å²) in [4.78, 5) is 11.3. The van der Waals surface area contributed by atoms with Crippen LogP contribution in [0.1, 0.15) is 5.56 Å². The van der Waals surface area contributed by atoms with Crippen molar-refractivity contribution in [1.82, 2.24) is 0 Å². The maximum atomic E-state index is 13.7. The van der Waals surface area contributed by atoms with Crippen LogP contribution in [0.2, 0.25) is 0 Å². The number of hydrogen-bond acceptors (Lipinski definition) is 1. The Morgan fingerprint density at radius 1 is 0.571 bits per heavy atom. The summed E-state index contributed by atoms with van der Waals surface area (Å²) >= 11 is 0. The Kier molecular flexibility index (Phi) is 7.17. The van der Waals surface area contributed by atoms with Gasteiger partial charge < -0.3 is 5.32 Å². The number of carbonyl (C=O) groups excluding carboxylic acids is 1. The SMILES string of the molecule is O=C(Nc1cccc(C(F)(F)F)c1)C(F)(F)C(F)(F)C(F)(F)C(F)(F)C(F)(F)C(F)(F)C(F)(F)F. The van der Waals surface area contributed by atoms with Crippen LogP contribution in [-0.4, -0.2) is 47.6 Å². The summed E-state index contributed by atoms with van der Waals surface area (Å²) in [5, 5.41) is 0.455. The fourth-order valence-corrected chi connectivity index (χ4v) is 2.09.